The van der Waals surface area contributed by atoms with Gasteiger partial charge in [-0.3, -0.25) is 0 Å². The summed E-state index contributed by atoms with van der Waals surface area (Å²) in [5.74, 6) is 0.137. The fourth-order valence-electron chi connectivity index (χ4n) is 2.60. The van der Waals surface area contributed by atoms with Crippen LogP contribution in [0.2, 0.25) is 0 Å². The normalized spacial score (nSPS) is 17.6. The van der Waals surface area contributed by atoms with Crippen molar-refractivity contribution < 1.29 is 8.78 Å². The number of benzene rings is 2. The molecular weight excluding hydrogens is 278 g/mol. The van der Waals surface area contributed by atoms with Crippen LogP contribution in [-0.4, -0.2) is 9.55 Å². The van der Waals surface area contributed by atoms with Gasteiger partial charge in [0.2, 0.25) is 0 Å². The molecule has 3 aromatic rings. The number of nitrogens with zero attached hydrogens (tertiary/aromatic N) is 2. The van der Waals surface area contributed by atoms with E-state index in [4.69, 9.17) is 0 Å². The summed E-state index contributed by atoms with van der Waals surface area (Å²) in [5, 5.41) is -0.0486. The maximum absolute atomic E-state index is 13.4. The van der Waals surface area contributed by atoms with Crippen LogP contribution >= 0.6 is 11.8 Å². The van der Waals surface area contributed by atoms with Crippen molar-refractivity contribution in [3.8, 4) is 0 Å². The Hall–Kier alpha value is -1.88. The first-order valence-corrected chi connectivity index (χ1v) is 7.31. The predicted molar refractivity (Wildman–Crippen MR) is 75.5 cm³/mol. The third kappa shape index (κ3) is 1.66. The van der Waals surface area contributed by atoms with Gasteiger partial charge in [0, 0.05) is 0 Å². The molecule has 0 amide bonds. The highest BCUT2D eigenvalue weighted by atomic mass is 32.2. The summed E-state index contributed by atoms with van der Waals surface area (Å²) in [4.78, 5) is 4.58. The largest absolute Gasteiger partial charge is 0.310 e. The zero-order chi connectivity index (χ0) is 13.7. The second-order valence-corrected chi connectivity index (χ2v) is 5.79. The monoisotopic (exact) mass is 288 g/mol. The minimum absolute atomic E-state index is 0.0486. The maximum Gasteiger partial charge on any atom is 0.159 e. The van der Waals surface area contributed by atoms with Gasteiger partial charge < -0.3 is 4.57 Å². The van der Waals surface area contributed by atoms with Gasteiger partial charge in [-0.2, -0.15) is 0 Å². The zero-order valence-electron chi connectivity index (χ0n) is 10.4. The Kier molecular flexibility index (Phi) is 2.57. The third-order valence-electron chi connectivity index (χ3n) is 3.50. The highest BCUT2D eigenvalue weighted by Crippen LogP contribution is 2.42. The molecule has 2 heterocycles. The van der Waals surface area contributed by atoms with E-state index >= 15 is 0 Å². The van der Waals surface area contributed by atoms with Gasteiger partial charge in [0.15, 0.2) is 11.6 Å². The van der Waals surface area contributed by atoms with E-state index in [1.807, 2.05) is 24.3 Å². The lowest BCUT2D eigenvalue weighted by molar-refractivity contribution is 0.506. The number of halogens is 2. The van der Waals surface area contributed by atoms with E-state index < -0.39 is 11.6 Å². The molecule has 0 fully saturated rings. The van der Waals surface area contributed by atoms with Crippen molar-refractivity contribution in [3.05, 3.63) is 65.5 Å². The first-order valence-electron chi connectivity index (χ1n) is 6.26. The van der Waals surface area contributed by atoms with Crippen LogP contribution in [0.5, 0.6) is 0 Å². The van der Waals surface area contributed by atoms with E-state index in [1.165, 1.54) is 12.1 Å². The number of hydrogen-bond donors (Lipinski definition) is 0. The Labute approximate surface area is 118 Å². The first kappa shape index (κ1) is 11.9. The van der Waals surface area contributed by atoms with Crippen LogP contribution in [0, 0.1) is 11.6 Å². The lowest BCUT2D eigenvalue weighted by Crippen LogP contribution is -2.04. The fraction of sp³-hybridized carbons (Fsp3) is 0.133. The SMILES string of the molecule is Fc1ccc([C@H]2SCc3nc4ccccc4n32)cc1F. The smallest absolute Gasteiger partial charge is 0.159 e. The van der Waals surface area contributed by atoms with Gasteiger partial charge in [-0.1, -0.05) is 18.2 Å². The highest BCUT2D eigenvalue weighted by molar-refractivity contribution is 7.99. The molecule has 0 N–H and O–H groups in total. The summed E-state index contributed by atoms with van der Waals surface area (Å²) in [5.41, 5.74) is 2.73. The summed E-state index contributed by atoms with van der Waals surface area (Å²) >= 11 is 1.67. The molecule has 20 heavy (non-hydrogen) atoms. The molecule has 0 bridgehead atoms. The molecule has 0 spiro atoms. The van der Waals surface area contributed by atoms with Crippen LogP contribution < -0.4 is 0 Å². The van der Waals surface area contributed by atoms with Crippen LogP contribution in [-0.2, 0) is 5.75 Å². The molecule has 1 aliphatic rings. The topological polar surface area (TPSA) is 17.8 Å². The number of hydrogen-bond acceptors (Lipinski definition) is 2. The molecule has 100 valence electrons. The van der Waals surface area contributed by atoms with Crippen molar-refractivity contribution in [2.75, 3.05) is 0 Å². The van der Waals surface area contributed by atoms with Crippen molar-refractivity contribution >= 4 is 22.8 Å². The Bertz CT molecular complexity index is 813. The van der Waals surface area contributed by atoms with Crippen molar-refractivity contribution in [3.63, 3.8) is 0 Å². The predicted octanol–water partition coefficient (Wildman–Crippen LogP) is 4.11. The number of rotatable bonds is 1. The summed E-state index contributed by atoms with van der Waals surface area (Å²) in [7, 11) is 0. The van der Waals surface area contributed by atoms with Crippen LogP contribution in [0.15, 0.2) is 42.5 Å². The highest BCUT2D eigenvalue weighted by Gasteiger charge is 2.28. The number of imidazole rings is 1. The lowest BCUT2D eigenvalue weighted by atomic mass is 10.2. The van der Waals surface area contributed by atoms with E-state index in [-0.39, 0.29) is 5.37 Å². The molecule has 0 radical (unpaired) electrons. The summed E-state index contributed by atoms with van der Waals surface area (Å²) in [6.45, 7) is 0. The minimum Gasteiger partial charge on any atom is -0.310 e. The average Bonchev–Trinajstić information content (AvgIpc) is 3.00. The van der Waals surface area contributed by atoms with Crippen LogP contribution in [0.3, 0.4) is 0 Å². The minimum atomic E-state index is -0.813. The van der Waals surface area contributed by atoms with Gasteiger partial charge in [-0.15, -0.1) is 11.8 Å². The second kappa shape index (κ2) is 4.31. The van der Waals surface area contributed by atoms with Gasteiger partial charge in [0.05, 0.1) is 16.8 Å². The van der Waals surface area contributed by atoms with Gasteiger partial charge in [-0.25, -0.2) is 13.8 Å². The lowest BCUT2D eigenvalue weighted by Gasteiger charge is -2.14. The van der Waals surface area contributed by atoms with E-state index in [0.29, 0.717) is 0 Å². The first-order chi connectivity index (χ1) is 9.74. The second-order valence-electron chi connectivity index (χ2n) is 4.72. The third-order valence-corrected chi connectivity index (χ3v) is 4.73. The number of aromatic nitrogens is 2. The van der Waals surface area contributed by atoms with E-state index in [2.05, 4.69) is 9.55 Å². The molecule has 1 aromatic heterocycles. The molecule has 2 aromatic carbocycles. The molecule has 0 aliphatic carbocycles. The quantitative estimate of drug-likeness (QED) is 0.670. The zero-order valence-corrected chi connectivity index (χ0v) is 11.2. The van der Waals surface area contributed by atoms with Crippen molar-refractivity contribution in [2.24, 2.45) is 0 Å². The average molecular weight is 288 g/mol. The van der Waals surface area contributed by atoms with Crippen LogP contribution in [0.1, 0.15) is 16.8 Å². The maximum atomic E-state index is 13.4. The van der Waals surface area contributed by atoms with Crippen LogP contribution in [0.25, 0.3) is 11.0 Å². The molecule has 0 saturated heterocycles. The van der Waals surface area contributed by atoms with Gasteiger partial charge >= 0.3 is 0 Å². The Morgan fingerprint density at radius 2 is 1.95 bits per heavy atom. The number of para-hydroxylation sites is 2. The fourth-order valence-corrected chi connectivity index (χ4v) is 3.83. The Balaban J connectivity index is 1.89. The molecule has 1 aliphatic heterocycles. The molecule has 0 saturated carbocycles. The van der Waals surface area contributed by atoms with Crippen molar-refractivity contribution in [1.82, 2.24) is 9.55 Å². The Morgan fingerprint density at radius 3 is 2.80 bits per heavy atom. The van der Waals surface area contributed by atoms with Gasteiger partial charge in [0.1, 0.15) is 11.2 Å². The van der Waals surface area contributed by atoms with Gasteiger partial charge in [-0.05, 0) is 29.8 Å². The molecule has 0 unspecified atom stereocenters. The van der Waals surface area contributed by atoms with Crippen molar-refractivity contribution in [1.29, 1.82) is 0 Å². The molecule has 5 heteroatoms. The summed E-state index contributed by atoms with van der Waals surface area (Å²) in [6.07, 6.45) is 0. The standard InChI is InChI=1S/C15H10F2N2S/c16-10-6-5-9(7-11(10)17)15-19-13-4-2-1-3-12(13)18-14(19)8-20-15/h1-7,15H,8H2/t15-/m1/s1. The van der Waals surface area contributed by atoms with E-state index in [0.717, 1.165) is 28.2 Å². The van der Waals surface area contributed by atoms with Crippen molar-refractivity contribution in [2.45, 2.75) is 11.1 Å². The number of fused-ring (bicyclic) bond motifs is 3. The molecule has 2 nitrogen and oxygen atoms in total. The van der Waals surface area contributed by atoms with E-state index in [9.17, 15) is 8.78 Å². The molecule has 4 rings (SSSR count). The van der Waals surface area contributed by atoms with Gasteiger partial charge in [0.25, 0.3) is 0 Å². The molecular formula is C15H10F2N2S. The molecule has 1 atom stereocenters. The number of thioether (sulfide) groups is 1. The summed E-state index contributed by atoms with van der Waals surface area (Å²) in [6, 6.07) is 12.0. The Morgan fingerprint density at radius 1 is 1.10 bits per heavy atom. The van der Waals surface area contributed by atoms with E-state index in [1.54, 1.807) is 17.8 Å². The summed E-state index contributed by atoms with van der Waals surface area (Å²) < 4.78 is 28.6. The van der Waals surface area contributed by atoms with Crippen LogP contribution in [0.4, 0.5) is 8.78 Å².